The molecule has 0 saturated carbocycles. The molecular formula is C22H30N2O2. The van der Waals surface area contributed by atoms with E-state index >= 15 is 0 Å². The van der Waals surface area contributed by atoms with Crippen molar-refractivity contribution in [3.63, 3.8) is 0 Å². The quantitative estimate of drug-likeness (QED) is 0.764. The zero-order chi connectivity index (χ0) is 19.4. The lowest BCUT2D eigenvalue weighted by molar-refractivity contribution is 0.386. The fraction of sp³-hybridized carbons (Fsp3) is 0.364. The summed E-state index contributed by atoms with van der Waals surface area (Å²) >= 11 is 0. The van der Waals surface area contributed by atoms with Crippen LogP contribution in [-0.4, -0.2) is 48.2 Å². The van der Waals surface area contributed by atoms with Gasteiger partial charge in [0.1, 0.15) is 11.5 Å². The highest BCUT2D eigenvalue weighted by Crippen LogP contribution is 2.31. The van der Waals surface area contributed by atoms with Crippen molar-refractivity contribution >= 4 is 11.1 Å². The molecule has 0 aliphatic rings. The molecule has 0 amide bonds. The molecular weight excluding hydrogens is 324 g/mol. The number of rotatable bonds is 6. The molecule has 0 aliphatic heterocycles. The number of aromatic hydroxyl groups is 2. The number of benzene rings is 2. The van der Waals surface area contributed by atoms with Gasteiger partial charge in [-0.3, -0.25) is 0 Å². The van der Waals surface area contributed by atoms with Crippen LogP contribution in [0.1, 0.15) is 36.1 Å². The summed E-state index contributed by atoms with van der Waals surface area (Å²) in [7, 11) is 7.96. The maximum absolute atomic E-state index is 10.1. The number of phenolic OH excluding ortho intramolecular Hbond substituents is 2. The molecule has 4 heteroatoms. The van der Waals surface area contributed by atoms with Gasteiger partial charge in [-0.05, 0) is 88.6 Å². The van der Waals surface area contributed by atoms with Gasteiger partial charge in [-0.1, -0.05) is 12.1 Å². The largest absolute Gasteiger partial charge is 0.508 e. The van der Waals surface area contributed by atoms with Crippen LogP contribution in [0.25, 0.3) is 11.1 Å². The zero-order valence-electron chi connectivity index (χ0n) is 16.7. The predicted molar refractivity (Wildman–Crippen MR) is 109 cm³/mol. The molecule has 0 radical (unpaired) electrons. The van der Waals surface area contributed by atoms with Crippen molar-refractivity contribution < 1.29 is 10.2 Å². The molecule has 0 bridgehead atoms. The van der Waals surface area contributed by atoms with Crippen LogP contribution in [0.3, 0.4) is 0 Å². The Morgan fingerprint density at radius 3 is 1.35 bits per heavy atom. The van der Waals surface area contributed by atoms with Crippen molar-refractivity contribution in [1.29, 1.82) is 0 Å². The summed E-state index contributed by atoms with van der Waals surface area (Å²) in [5, 5.41) is 20.2. The lowest BCUT2D eigenvalue weighted by Crippen LogP contribution is -2.11. The monoisotopic (exact) mass is 354 g/mol. The minimum atomic E-state index is 0.325. The smallest absolute Gasteiger partial charge is 0.120 e. The Labute approximate surface area is 157 Å². The predicted octanol–water partition coefficient (Wildman–Crippen LogP) is 4.17. The Morgan fingerprint density at radius 1 is 0.692 bits per heavy atom. The van der Waals surface area contributed by atoms with Gasteiger partial charge in [0.2, 0.25) is 0 Å². The summed E-state index contributed by atoms with van der Waals surface area (Å²) in [5.74, 6) is 0.650. The lowest BCUT2D eigenvalue weighted by atomic mass is 9.94. The summed E-state index contributed by atoms with van der Waals surface area (Å²) in [6.45, 7) is 5.58. The van der Waals surface area contributed by atoms with Crippen LogP contribution in [-0.2, 0) is 13.1 Å². The first-order valence-electron chi connectivity index (χ1n) is 8.80. The van der Waals surface area contributed by atoms with Crippen molar-refractivity contribution in [2.45, 2.75) is 26.9 Å². The summed E-state index contributed by atoms with van der Waals surface area (Å²) in [6.07, 6.45) is 0. The molecule has 0 unspecified atom stereocenters. The van der Waals surface area contributed by atoms with Gasteiger partial charge in [-0.15, -0.1) is 0 Å². The van der Waals surface area contributed by atoms with Crippen LogP contribution >= 0.6 is 0 Å². The van der Waals surface area contributed by atoms with Crippen molar-refractivity contribution in [2.24, 2.45) is 0 Å². The van der Waals surface area contributed by atoms with Crippen LogP contribution < -0.4 is 0 Å². The zero-order valence-corrected chi connectivity index (χ0v) is 16.7. The van der Waals surface area contributed by atoms with Gasteiger partial charge in [0.25, 0.3) is 0 Å². The Kier molecular flexibility index (Phi) is 6.46. The van der Waals surface area contributed by atoms with Gasteiger partial charge in [0.05, 0.1) is 0 Å². The van der Waals surface area contributed by atoms with Crippen LogP contribution in [0.2, 0.25) is 0 Å². The van der Waals surface area contributed by atoms with Gasteiger partial charge >= 0.3 is 0 Å². The van der Waals surface area contributed by atoms with E-state index in [1.165, 1.54) is 0 Å². The average Bonchev–Trinajstić information content (AvgIpc) is 2.56. The molecule has 2 rings (SSSR count). The van der Waals surface area contributed by atoms with Gasteiger partial charge in [0.15, 0.2) is 0 Å². The van der Waals surface area contributed by atoms with Crippen molar-refractivity contribution in [3.05, 3.63) is 58.7 Å². The third-order valence-corrected chi connectivity index (χ3v) is 4.56. The highest BCUT2D eigenvalue weighted by molar-refractivity contribution is 5.89. The van der Waals surface area contributed by atoms with Crippen molar-refractivity contribution in [1.82, 2.24) is 9.80 Å². The van der Waals surface area contributed by atoms with E-state index in [1.54, 1.807) is 12.1 Å². The molecule has 0 saturated heterocycles. The third-order valence-electron chi connectivity index (χ3n) is 4.56. The fourth-order valence-electron chi connectivity index (χ4n) is 3.01. The Morgan fingerprint density at radius 2 is 1.04 bits per heavy atom. The Balaban J connectivity index is 2.43. The van der Waals surface area contributed by atoms with E-state index in [2.05, 4.69) is 26.0 Å². The first kappa shape index (κ1) is 20.0. The number of hydrogen-bond donors (Lipinski definition) is 2. The van der Waals surface area contributed by atoms with Gasteiger partial charge in [-0.25, -0.2) is 0 Å². The average molecular weight is 354 g/mol. The van der Waals surface area contributed by atoms with Crippen molar-refractivity contribution in [3.8, 4) is 11.5 Å². The molecule has 2 N–H and O–H groups in total. The molecule has 0 heterocycles. The van der Waals surface area contributed by atoms with E-state index < -0.39 is 0 Å². The van der Waals surface area contributed by atoms with Crippen molar-refractivity contribution in [2.75, 3.05) is 28.2 Å². The first-order chi connectivity index (χ1) is 12.2. The van der Waals surface area contributed by atoms with E-state index in [0.29, 0.717) is 24.6 Å². The van der Waals surface area contributed by atoms with E-state index in [-0.39, 0.29) is 0 Å². The standard InChI is InChI=1S/C22H30N2O2/c1-15(17-7-9-21(25)19(11-17)13-23(3)4)16(2)18-8-10-22(26)20(12-18)14-24(5)6/h7-12,25-26H,13-14H2,1-6H3/b16-15+. The minimum Gasteiger partial charge on any atom is -0.508 e. The van der Waals surface area contributed by atoms with E-state index in [1.807, 2.05) is 50.1 Å². The summed E-state index contributed by atoms with van der Waals surface area (Å²) in [4.78, 5) is 4.08. The molecule has 2 aromatic rings. The maximum atomic E-state index is 10.1. The van der Waals surface area contributed by atoms with Crippen LogP contribution in [0.5, 0.6) is 11.5 Å². The Hall–Kier alpha value is -2.30. The normalized spacial score (nSPS) is 12.6. The van der Waals surface area contributed by atoms with Crippen LogP contribution in [0, 0.1) is 0 Å². The molecule has 0 aromatic heterocycles. The highest BCUT2D eigenvalue weighted by Gasteiger charge is 2.10. The number of hydrogen-bond acceptors (Lipinski definition) is 4. The Bertz CT molecular complexity index is 740. The number of phenols is 2. The molecule has 26 heavy (non-hydrogen) atoms. The van der Waals surface area contributed by atoms with E-state index in [4.69, 9.17) is 0 Å². The first-order valence-corrected chi connectivity index (χ1v) is 8.80. The van der Waals surface area contributed by atoms with Crippen LogP contribution in [0.4, 0.5) is 0 Å². The van der Waals surface area contributed by atoms with Gasteiger partial charge in [-0.2, -0.15) is 0 Å². The number of allylic oxidation sites excluding steroid dienone is 2. The molecule has 0 spiro atoms. The van der Waals surface area contributed by atoms with E-state index in [9.17, 15) is 10.2 Å². The van der Waals surface area contributed by atoms with Gasteiger partial charge in [0, 0.05) is 24.2 Å². The molecule has 0 fully saturated rings. The van der Waals surface area contributed by atoms with Gasteiger partial charge < -0.3 is 20.0 Å². The number of nitrogens with zero attached hydrogens (tertiary/aromatic N) is 2. The van der Waals surface area contributed by atoms with E-state index in [0.717, 1.165) is 33.4 Å². The summed E-state index contributed by atoms with van der Waals surface area (Å²) in [6, 6.07) is 11.5. The fourth-order valence-corrected chi connectivity index (χ4v) is 3.01. The topological polar surface area (TPSA) is 46.9 Å². The second kappa shape index (κ2) is 8.39. The van der Waals surface area contributed by atoms with Crippen LogP contribution in [0.15, 0.2) is 36.4 Å². The molecule has 0 atom stereocenters. The summed E-state index contributed by atoms with van der Waals surface area (Å²) in [5.41, 5.74) is 6.34. The molecule has 0 aliphatic carbocycles. The molecule has 2 aromatic carbocycles. The molecule has 140 valence electrons. The third kappa shape index (κ3) is 4.87. The lowest BCUT2D eigenvalue weighted by Gasteiger charge is -2.16. The minimum absolute atomic E-state index is 0.325. The second-order valence-corrected chi connectivity index (χ2v) is 7.41. The summed E-state index contributed by atoms with van der Waals surface area (Å²) < 4.78 is 0. The maximum Gasteiger partial charge on any atom is 0.120 e. The SMILES string of the molecule is C/C(=C(/C)c1ccc(O)c(CN(C)C)c1)c1ccc(O)c(CN(C)C)c1. The highest BCUT2D eigenvalue weighted by atomic mass is 16.3. The molecule has 4 nitrogen and oxygen atoms in total. The second-order valence-electron chi connectivity index (χ2n) is 7.41.